The number of hydrogen-bond donors (Lipinski definition) is 1. The van der Waals surface area contributed by atoms with Gasteiger partial charge in [0.1, 0.15) is 11.3 Å². The van der Waals surface area contributed by atoms with Crippen LogP contribution in [0.25, 0.3) is 5.69 Å². The zero-order chi connectivity index (χ0) is 19.0. The van der Waals surface area contributed by atoms with Crippen LogP contribution in [-0.4, -0.2) is 38.2 Å². The summed E-state index contributed by atoms with van der Waals surface area (Å²) in [5, 5.41) is 13.3. The van der Waals surface area contributed by atoms with Crippen LogP contribution in [0, 0.1) is 6.92 Å². The third-order valence-electron chi connectivity index (χ3n) is 4.98. The maximum absolute atomic E-state index is 12.9. The Labute approximate surface area is 155 Å². The first-order valence-corrected chi connectivity index (χ1v) is 8.79. The van der Waals surface area contributed by atoms with E-state index >= 15 is 0 Å². The van der Waals surface area contributed by atoms with Crippen molar-refractivity contribution in [2.75, 3.05) is 6.54 Å². The van der Waals surface area contributed by atoms with E-state index in [4.69, 9.17) is 9.52 Å². The van der Waals surface area contributed by atoms with E-state index < -0.39 is 5.97 Å². The summed E-state index contributed by atoms with van der Waals surface area (Å²) in [6, 6.07) is 10.8. The molecular weight excluding hydrogens is 346 g/mol. The lowest BCUT2D eigenvalue weighted by molar-refractivity contribution is 0.0693. The molecule has 0 aliphatic carbocycles. The van der Waals surface area contributed by atoms with Crippen LogP contribution < -0.4 is 0 Å². The number of likely N-dealkylation sites (tertiary alicyclic amines) is 1. The molecule has 0 unspecified atom stereocenters. The number of carbonyl (C=O) groups is 2. The zero-order valence-corrected chi connectivity index (χ0v) is 14.8. The van der Waals surface area contributed by atoms with Crippen molar-refractivity contribution in [3.05, 3.63) is 71.4 Å². The third kappa shape index (κ3) is 3.01. The number of benzene rings is 1. The Bertz CT molecular complexity index is 973. The van der Waals surface area contributed by atoms with E-state index in [2.05, 4.69) is 5.10 Å². The first-order valence-electron chi connectivity index (χ1n) is 8.79. The number of hydrogen-bond acceptors (Lipinski definition) is 4. The molecule has 0 spiro atoms. The molecule has 0 radical (unpaired) electrons. The molecule has 1 N–H and O–H groups in total. The van der Waals surface area contributed by atoms with Gasteiger partial charge in [-0.25, -0.2) is 9.48 Å². The minimum absolute atomic E-state index is 0.0290. The number of carbonyl (C=O) groups excluding carboxylic acids is 1. The fourth-order valence-electron chi connectivity index (χ4n) is 3.58. The van der Waals surface area contributed by atoms with E-state index in [0.29, 0.717) is 23.5 Å². The Morgan fingerprint density at radius 1 is 1.22 bits per heavy atom. The predicted molar refractivity (Wildman–Crippen MR) is 97.0 cm³/mol. The van der Waals surface area contributed by atoms with Crippen molar-refractivity contribution < 1.29 is 19.1 Å². The van der Waals surface area contributed by atoms with Crippen LogP contribution in [0.2, 0.25) is 0 Å². The van der Waals surface area contributed by atoms with Crippen molar-refractivity contribution in [1.82, 2.24) is 14.7 Å². The van der Waals surface area contributed by atoms with Crippen LogP contribution in [0.4, 0.5) is 0 Å². The van der Waals surface area contributed by atoms with Gasteiger partial charge < -0.3 is 14.4 Å². The van der Waals surface area contributed by atoms with Crippen LogP contribution in [0.3, 0.4) is 0 Å². The standard InChI is InChI=1S/C20H19N3O4/c1-13-16(20(25)26)12-21-23(13)15-8-6-14(7-9-15)19(24)22-10-2-4-17(22)18-5-3-11-27-18/h3,5-9,11-12,17H,2,4,10H2,1H3,(H,25,26)/t17-/m0/s1. The van der Waals surface area contributed by atoms with Gasteiger partial charge in [0, 0.05) is 12.1 Å². The van der Waals surface area contributed by atoms with E-state index in [9.17, 15) is 9.59 Å². The summed E-state index contributed by atoms with van der Waals surface area (Å²) < 4.78 is 7.05. The second-order valence-electron chi connectivity index (χ2n) is 6.58. The third-order valence-corrected chi connectivity index (χ3v) is 4.98. The van der Waals surface area contributed by atoms with Crippen molar-refractivity contribution in [2.24, 2.45) is 0 Å². The molecule has 3 aromatic rings. The Kier molecular flexibility index (Phi) is 4.27. The molecule has 2 aromatic heterocycles. The molecule has 1 saturated heterocycles. The average molecular weight is 365 g/mol. The number of rotatable bonds is 4. The Balaban J connectivity index is 1.57. The lowest BCUT2D eigenvalue weighted by Crippen LogP contribution is -2.30. The van der Waals surface area contributed by atoms with E-state index in [-0.39, 0.29) is 17.5 Å². The SMILES string of the molecule is Cc1c(C(=O)O)cnn1-c1ccc(C(=O)N2CCC[C@H]2c2ccco2)cc1. The highest BCUT2D eigenvalue weighted by Crippen LogP contribution is 2.33. The lowest BCUT2D eigenvalue weighted by atomic mass is 10.1. The summed E-state index contributed by atoms with van der Waals surface area (Å²) in [5.41, 5.74) is 1.99. The van der Waals surface area contributed by atoms with Gasteiger partial charge in [0.25, 0.3) is 5.91 Å². The van der Waals surface area contributed by atoms with Crippen molar-refractivity contribution in [3.8, 4) is 5.69 Å². The number of aromatic carboxylic acids is 1. The van der Waals surface area contributed by atoms with Crippen molar-refractivity contribution in [1.29, 1.82) is 0 Å². The molecule has 7 heteroatoms. The second-order valence-corrected chi connectivity index (χ2v) is 6.58. The van der Waals surface area contributed by atoms with Crippen LogP contribution in [0.15, 0.2) is 53.3 Å². The number of carboxylic acid groups (broad SMARTS) is 1. The smallest absolute Gasteiger partial charge is 0.339 e. The Morgan fingerprint density at radius 2 is 2.00 bits per heavy atom. The van der Waals surface area contributed by atoms with Crippen molar-refractivity contribution in [2.45, 2.75) is 25.8 Å². The molecule has 1 aromatic carbocycles. The number of nitrogens with zero attached hydrogens (tertiary/aromatic N) is 3. The summed E-state index contributed by atoms with van der Waals surface area (Å²) in [5.74, 6) is -0.238. The normalized spacial score (nSPS) is 16.6. The molecule has 27 heavy (non-hydrogen) atoms. The molecule has 0 bridgehead atoms. The Hall–Kier alpha value is -3.35. The largest absolute Gasteiger partial charge is 0.478 e. The molecule has 3 heterocycles. The van der Waals surface area contributed by atoms with Crippen molar-refractivity contribution in [3.63, 3.8) is 0 Å². The fourth-order valence-corrected chi connectivity index (χ4v) is 3.58. The van der Waals surface area contributed by atoms with Gasteiger partial charge in [-0.15, -0.1) is 0 Å². The van der Waals surface area contributed by atoms with Gasteiger partial charge in [-0.3, -0.25) is 4.79 Å². The van der Waals surface area contributed by atoms with Crippen molar-refractivity contribution >= 4 is 11.9 Å². The molecule has 138 valence electrons. The number of carboxylic acids is 1. The second kappa shape index (κ2) is 6.75. The number of aromatic nitrogens is 2. The van der Waals surface area contributed by atoms with Gasteiger partial charge in [0.2, 0.25) is 0 Å². The fraction of sp³-hybridized carbons (Fsp3) is 0.250. The molecule has 1 atom stereocenters. The molecule has 7 nitrogen and oxygen atoms in total. The average Bonchev–Trinajstić information content (AvgIpc) is 3.41. The molecule has 4 rings (SSSR count). The van der Waals surface area contributed by atoms with Crippen LogP contribution in [0.1, 0.15) is 51.1 Å². The summed E-state index contributed by atoms with van der Waals surface area (Å²) in [6.07, 6.45) is 4.79. The summed E-state index contributed by atoms with van der Waals surface area (Å²) in [4.78, 5) is 26.0. The lowest BCUT2D eigenvalue weighted by Gasteiger charge is -2.23. The first-order chi connectivity index (χ1) is 13.1. The van der Waals surface area contributed by atoms with Gasteiger partial charge in [-0.2, -0.15) is 5.10 Å². The van der Waals surface area contributed by atoms with Gasteiger partial charge in [0.05, 0.1) is 29.9 Å². The van der Waals surface area contributed by atoms with E-state index in [1.54, 1.807) is 42.1 Å². The minimum atomic E-state index is -1.01. The topological polar surface area (TPSA) is 88.6 Å². The molecule has 1 aliphatic heterocycles. The summed E-state index contributed by atoms with van der Waals surface area (Å²) in [6.45, 7) is 2.40. The molecule has 1 fully saturated rings. The Morgan fingerprint density at radius 3 is 2.63 bits per heavy atom. The maximum atomic E-state index is 12.9. The highest BCUT2D eigenvalue weighted by Gasteiger charge is 2.32. The van der Waals surface area contributed by atoms with E-state index in [0.717, 1.165) is 18.6 Å². The van der Waals surface area contributed by atoms with E-state index in [1.807, 2.05) is 17.0 Å². The van der Waals surface area contributed by atoms with E-state index in [1.165, 1.54) is 6.20 Å². The monoisotopic (exact) mass is 365 g/mol. The molecule has 1 aliphatic rings. The number of furan rings is 1. The molecule has 1 amide bonds. The summed E-state index contributed by atoms with van der Waals surface area (Å²) in [7, 11) is 0. The minimum Gasteiger partial charge on any atom is -0.478 e. The predicted octanol–water partition coefficient (Wildman–Crippen LogP) is 3.45. The quantitative estimate of drug-likeness (QED) is 0.765. The molecular formula is C20H19N3O4. The van der Waals surface area contributed by atoms with Gasteiger partial charge in [-0.05, 0) is 56.2 Å². The van der Waals surface area contributed by atoms with Crippen LogP contribution >= 0.6 is 0 Å². The van der Waals surface area contributed by atoms with Crippen LogP contribution in [-0.2, 0) is 0 Å². The van der Waals surface area contributed by atoms with Gasteiger partial charge in [-0.1, -0.05) is 0 Å². The zero-order valence-electron chi connectivity index (χ0n) is 14.8. The molecule has 0 saturated carbocycles. The highest BCUT2D eigenvalue weighted by atomic mass is 16.4. The maximum Gasteiger partial charge on any atom is 0.339 e. The first kappa shape index (κ1) is 17.1. The summed E-state index contributed by atoms with van der Waals surface area (Å²) >= 11 is 0. The number of amides is 1. The van der Waals surface area contributed by atoms with Crippen LogP contribution in [0.5, 0.6) is 0 Å². The van der Waals surface area contributed by atoms with Gasteiger partial charge >= 0.3 is 5.97 Å². The highest BCUT2D eigenvalue weighted by molar-refractivity contribution is 5.95. The van der Waals surface area contributed by atoms with Gasteiger partial charge in [0.15, 0.2) is 0 Å².